The van der Waals surface area contributed by atoms with Crippen molar-refractivity contribution < 1.29 is 14.2 Å². The lowest BCUT2D eigenvalue weighted by atomic mass is 10.1. The molecular formula is C27H25FN8O2. The van der Waals surface area contributed by atoms with Crippen molar-refractivity contribution in [3.8, 4) is 28.8 Å². The first-order valence-corrected chi connectivity index (χ1v) is 11.9. The molecule has 0 saturated heterocycles. The first-order chi connectivity index (χ1) is 18.2. The number of aromatic nitrogens is 6. The van der Waals surface area contributed by atoms with Crippen molar-refractivity contribution in [2.24, 2.45) is 0 Å². The highest BCUT2D eigenvalue weighted by Gasteiger charge is 2.17. The number of ether oxygens (including phenoxy) is 1. The summed E-state index contributed by atoms with van der Waals surface area (Å²) in [6.45, 7) is 5.40. The summed E-state index contributed by atoms with van der Waals surface area (Å²) in [6, 6.07) is 11.3. The van der Waals surface area contributed by atoms with Gasteiger partial charge in [-0.1, -0.05) is 6.07 Å². The van der Waals surface area contributed by atoms with E-state index in [1.807, 2.05) is 31.2 Å². The molecule has 10 nitrogen and oxygen atoms in total. The van der Waals surface area contributed by atoms with E-state index in [9.17, 15) is 14.8 Å². The van der Waals surface area contributed by atoms with Crippen LogP contribution in [0.1, 0.15) is 37.9 Å². The van der Waals surface area contributed by atoms with Gasteiger partial charge in [-0.05, 0) is 50.6 Å². The summed E-state index contributed by atoms with van der Waals surface area (Å²) >= 11 is 0. The molecule has 0 aliphatic carbocycles. The Morgan fingerprint density at radius 3 is 2.58 bits per heavy atom. The molecule has 11 heteroatoms. The summed E-state index contributed by atoms with van der Waals surface area (Å²) in [5.41, 5.74) is 2.49. The van der Waals surface area contributed by atoms with E-state index in [1.165, 1.54) is 17.1 Å². The number of anilines is 1. The molecule has 5 aromatic rings. The standard InChI is InChI=1S/C27H25FN8O2/c1-17(18-5-7-25(31-10-18)35-14-21(28)13-33-35)34-24-6-4-19(11-30-24)23-8-22(38-16-27(2,3)37)15-36-26(23)20(9-29)12-32-36/h4-8,10-15,17,37H,16H2,1-3H3,(H,30,34)/t17-/m0/s1. The van der Waals surface area contributed by atoms with Gasteiger partial charge in [0, 0.05) is 23.5 Å². The SMILES string of the molecule is C[C@H](Nc1ccc(-c2cc(OCC(C)(C)O)cn3ncc(C#N)c23)cn1)c1ccc(-n2cc(F)cn2)nc1. The number of hydrogen-bond donors (Lipinski definition) is 2. The Hall–Kier alpha value is -4.82. The fraction of sp³-hybridized carbons (Fsp3) is 0.222. The second-order valence-electron chi connectivity index (χ2n) is 9.50. The Balaban J connectivity index is 1.37. The molecule has 0 aromatic carbocycles. The minimum atomic E-state index is -1.00. The molecular weight excluding hydrogens is 487 g/mol. The molecule has 0 amide bonds. The highest BCUT2D eigenvalue weighted by atomic mass is 19.1. The second kappa shape index (κ2) is 9.91. The summed E-state index contributed by atoms with van der Waals surface area (Å²) in [6.07, 6.45) is 9.01. The first kappa shape index (κ1) is 24.9. The van der Waals surface area contributed by atoms with Crippen molar-refractivity contribution in [2.45, 2.75) is 32.4 Å². The number of nitriles is 1. The highest BCUT2D eigenvalue weighted by molar-refractivity contribution is 5.85. The number of pyridine rings is 3. The smallest absolute Gasteiger partial charge is 0.161 e. The van der Waals surface area contributed by atoms with E-state index in [1.54, 1.807) is 43.0 Å². The van der Waals surface area contributed by atoms with E-state index in [0.29, 0.717) is 28.5 Å². The number of nitrogens with zero attached hydrogens (tertiary/aromatic N) is 7. The molecule has 5 heterocycles. The molecule has 0 saturated carbocycles. The van der Waals surface area contributed by atoms with Gasteiger partial charge < -0.3 is 15.2 Å². The van der Waals surface area contributed by atoms with Crippen molar-refractivity contribution in [3.63, 3.8) is 0 Å². The second-order valence-corrected chi connectivity index (χ2v) is 9.50. The maximum Gasteiger partial charge on any atom is 0.161 e. The van der Waals surface area contributed by atoms with Gasteiger partial charge in [0.05, 0.1) is 47.5 Å². The molecule has 2 N–H and O–H groups in total. The summed E-state index contributed by atoms with van der Waals surface area (Å²) < 4.78 is 22.0. The van der Waals surface area contributed by atoms with Crippen LogP contribution in [0.2, 0.25) is 0 Å². The van der Waals surface area contributed by atoms with E-state index in [0.717, 1.165) is 22.9 Å². The zero-order valence-electron chi connectivity index (χ0n) is 21.0. The summed E-state index contributed by atoms with van der Waals surface area (Å²) in [5, 5.41) is 31.2. The van der Waals surface area contributed by atoms with Gasteiger partial charge in [0.25, 0.3) is 0 Å². The van der Waals surface area contributed by atoms with Crippen LogP contribution in [0.5, 0.6) is 5.75 Å². The predicted molar refractivity (Wildman–Crippen MR) is 138 cm³/mol. The number of rotatable bonds is 8. The summed E-state index contributed by atoms with van der Waals surface area (Å²) in [7, 11) is 0. The van der Waals surface area contributed by atoms with Crippen molar-refractivity contribution in [1.82, 2.24) is 29.4 Å². The summed E-state index contributed by atoms with van der Waals surface area (Å²) in [5.74, 6) is 1.25. The molecule has 0 spiro atoms. The third-order valence-electron chi connectivity index (χ3n) is 5.79. The van der Waals surface area contributed by atoms with Gasteiger partial charge >= 0.3 is 0 Å². The number of hydrogen-bond acceptors (Lipinski definition) is 8. The van der Waals surface area contributed by atoms with Gasteiger partial charge in [-0.25, -0.2) is 23.6 Å². The summed E-state index contributed by atoms with van der Waals surface area (Å²) in [4.78, 5) is 8.94. The number of nitrogens with one attached hydrogen (secondary N) is 1. The van der Waals surface area contributed by atoms with Gasteiger partial charge in [-0.15, -0.1) is 0 Å². The predicted octanol–water partition coefficient (Wildman–Crippen LogP) is 4.31. The quantitative estimate of drug-likeness (QED) is 0.315. The molecule has 0 unspecified atom stereocenters. The Kier molecular flexibility index (Phi) is 6.48. The highest BCUT2D eigenvalue weighted by Crippen LogP contribution is 2.31. The van der Waals surface area contributed by atoms with Crippen LogP contribution in [0.25, 0.3) is 22.5 Å². The fourth-order valence-electron chi connectivity index (χ4n) is 3.90. The first-order valence-electron chi connectivity index (χ1n) is 11.9. The molecule has 0 aliphatic heterocycles. The molecule has 1 atom stereocenters. The molecule has 0 aliphatic rings. The number of fused-ring (bicyclic) bond motifs is 1. The monoisotopic (exact) mass is 512 g/mol. The van der Waals surface area contributed by atoms with Crippen molar-refractivity contribution in [2.75, 3.05) is 11.9 Å². The van der Waals surface area contributed by atoms with Crippen molar-refractivity contribution in [1.29, 1.82) is 5.26 Å². The fourth-order valence-corrected chi connectivity index (χ4v) is 3.90. The van der Waals surface area contributed by atoms with Gasteiger partial charge in [0.15, 0.2) is 11.6 Å². The average molecular weight is 513 g/mol. The van der Waals surface area contributed by atoms with Gasteiger partial charge in [-0.2, -0.15) is 15.5 Å². The van der Waals surface area contributed by atoms with Crippen LogP contribution in [-0.4, -0.2) is 46.7 Å². The van der Waals surface area contributed by atoms with Crippen LogP contribution in [0.4, 0.5) is 10.2 Å². The van der Waals surface area contributed by atoms with Crippen LogP contribution < -0.4 is 10.1 Å². The van der Waals surface area contributed by atoms with Crippen LogP contribution >= 0.6 is 0 Å². The normalized spacial score (nSPS) is 12.3. The maximum atomic E-state index is 13.2. The van der Waals surface area contributed by atoms with Crippen molar-refractivity contribution >= 4 is 11.3 Å². The minimum Gasteiger partial charge on any atom is -0.489 e. The van der Waals surface area contributed by atoms with E-state index in [2.05, 4.69) is 31.6 Å². The maximum absolute atomic E-state index is 13.2. The van der Waals surface area contributed by atoms with Crippen LogP contribution in [-0.2, 0) is 0 Å². The van der Waals surface area contributed by atoms with Gasteiger partial charge in [0.2, 0.25) is 0 Å². The van der Waals surface area contributed by atoms with E-state index in [-0.39, 0.29) is 12.6 Å². The van der Waals surface area contributed by atoms with E-state index >= 15 is 0 Å². The Morgan fingerprint density at radius 1 is 1.11 bits per heavy atom. The molecule has 38 heavy (non-hydrogen) atoms. The lowest BCUT2D eigenvalue weighted by Gasteiger charge is -2.18. The molecule has 5 rings (SSSR count). The van der Waals surface area contributed by atoms with E-state index < -0.39 is 11.4 Å². The lowest BCUT2D eigenvalue weighted by Crippen LogP contribution is -2.27. The lowest BCUT2D eigenvalue weighted by molar-refractivity contribution is 0.0283. The number of aliphatic hydroxyl groups is 1. The minimum absolute atomic E-state index is 0.0952. The van der Waals surface area contributed by atoms with Crippen molar-refractivity contribution in [3.05, 3.63) is 84.5 Å². The average Bonchev–Trinajstić information content (AvgIpc) is 3.53. The third-order valence-corrected chi connectivity index (χ3v) is 5.79. The molecule has 0 fully saturated rings. The number of halogens is 1. The molecule has 0 radical (unpaired) electrons. The molecule has 0 bridgehead atoms. The van der Waals surface area contributed by atoms with Crippen LogP contribution in [0.15, 0.2) is 67.5 Å². The van der Waals surface area contributed by atoms with Gasteiger partial charge in [0.1, 0.15) is 24.2 Å². The Bertz CT molecular complexity index is 1610. The Labute approximate surface area is 218 Å². The van der Waals surface area contributed by atoms with E-state index in [4.69, 9.17) is 4.74 Å². The van der Waals surface area contributed by atoms with Crippen LogP contribution in [0.3, 0.4) is 0 Å². The zero-order valence-corrected chi connectivity index (χ0v) is 21.0. The Morgan fingerprint density at radius 2 is 1.95 bits per heavy atom. The molecule has 192 valence electrons. The zero-order chi connectivity index (χ0) is 26.9. The van der Waals surface area contributed by atoms with Crippen LogP contribution in [0, 0.1) is 17.1 Å². The topological polar surface area (TPSA) is 126 Å². The van der Waals surface area contributed by atoms with Gasteiger partial charge in [-0.3, -0.25) is 0 Å². The largest absolute Gasteiger partial charge is 0.489 e. The molecule has 5 aromatic heterocycles. The third kappa shape index (κ3) is 5.30.